The van der Waals surface area contributed by atoms with Crippen molar-refractivity contribution in [1.82, 2.24) is 15.3 Å². The number of halogens is 3. The summed E-state index contributed by atoms with van der Waals surface area (Å²) in [6, 6.07) is 8.81. The lowest BCUT2D eigenvalue weighted by Gasteiger charge is -2.28. The Morgan fingerprint density at radius 3 is 2.69 bits per heavy atom. The van der Waals surface area contributed by atoms with Crippen molar-refractivity contribution in [2.75, 3.05) is 0 Å². The molecule has 5 nitrogen and oxygen atoms in total. The van der Waals surface area contributed by atoms with E-state index in [1.165, 1.54) is 0 Å². The van der Waals surface area contributed by atoms with Crippen LogP contribution >= 0.6 is 39.1 Å². The standard InChI is InChI=1S/C21H20BrCl2N3O2/c1-4-17(20(28)27-21(2,3)18-9-14(23)5-6-25-18)29-15-8-12-7-13(22)11-26-19(12)16(24)10-15/h5-11,17H,4H2,1-3H3,(H,27,28). The normalized spacial score (nSPS) is 12.6. The van der Waals surface area contributed by atoms with Gasteiger partial charge in [-0.2, -0.15) is 0 Å². The molecule has 0 bridgehead atoms. The Hall–Kier alpha value is -1.89. The molecule has 0 aliphatic carbocycles. The van der Waals surface area contributed by atoms with Crippen LogP contribution in [0.4, 0.5) is 0 Å². The maximum atomic E-state index is 12.9. The van der Waals surface area contributed by atoms with Gasteiger partial charge in [-0.1, -0.05) is 30.1 Å². The second-order valence-electron chi connectivity index (χ2n) is 7.12. The zero-order valence-corrected chi connectivity index (χ0v) is 19.3. The molecule has 0 radical (unpaired) electrons. The third kappa shape index (κ3) is 5.18. The molecule has 1 atom stereocenters. The molecule has 3 aromatic rings. The highest BCUT2D eigenvalue weighted by molar-refractivity contribution is 9.10. The topological polar surface area (TPSA) is 64.1 Å². The molecule has 152 valence electrons. The third-order valence-corrected chi connectivity index (χ3v) is 5.37. The second kappa shape index (κ2) is 8.86. The number of carbonyl (C=O) groups excluding carboxylic acids is 1. The molecule has 2 heterocycles. The monoisotopic (exact) mass is 495 g/mol. The third-order valence-electron chi connectivity index (χ3n) is 4.42. The molecular weight excluding hydrogens is 477 g/mol. The minimum absolute atomic E-state index is 0.247. The summed E-state index contributed by atoms with van der Waals surface area (Å²) in [4.78, 5) is 21.5. The van der Waals surface area contributed by atoms with Gasteiger partial charge >= 0.3 is 0 Å². The van der Waals surface area contributed by atoms with Crippen LogP contribution in [0.15, 0.2) is 47.2 Å². The van der Waals surface area contributed by atoms with E-state index < -0.39 is 11.6 Å². The first-order chi connectivity index (χ1) is 13.7. The number of nitrogens with one attached hydrogen (secondary N) is 1. The van der Waals surface area contributed by atoms with Crippen molar-refractivity contribution in [3.05, 3.63) is 62.9 Å². The molecule has 2 aromatic heterocycles. The Morgan fingerprint density at radius 2 is 2.00 bits per heavy atom. The second-order valence-corrected chi connectivity index (χ2v) is 8.88. The lowest BCUT2D eigenvalue weighted by Crippen LogP contribution is -2.47. The van der Waals surface area contributed by atoms with Crippen LogP contribution in [-0.4, -0.2) is 22.0 Å². The van der Waals surface area contributed by atoms with Crippen LogP contribution in [0.25, 0.3) is 10.9 Å². The van der Waals surface area contributed by atoms with Crippen LogP contribution in [0.3, 0.4) is 0 Å². The van der Waals surface area contributed by atoms with Crippen molar-refractivity contribution in [2.24, 2.45) is 0 Å². The molecular formula is C21H20BrCl2N3O2. The summed E-state index contributed by atoms with van der Waals surface area (Å²) in [7, 11) is 0. The highest BCUT2D eigenvalue weighted by Crippen LogP contribution is 2.30. The van der Waals surface area contributed by atoms with Gasteiger partial charge in [-0.15, -0.1) is 0 Å². The number of ether oxygens (including phenoxy) is 1. The fourth-order valence-electron chi connectivity index (χ4n) is 2.91. The van der Waals surface area contributed by atoms with E-state index in [0.29, 0.717) is 33.4 Å². The van der Waals surface area contributed by atoms with Crippen LogP contribution in [0.1, 0.15) is 32.9 Å². The summed E-state index contributed by atoms with van der Waals surface area (Å²) in [5.41, 5.74) is 0.625. The van der Waals surface area contributed by atoms with E-state index in [1.807, 2.05) is 32.9 Å². The number of hydrogen-bond donors (Lipinski definition) is 1. The van der Waals surface area contributed by atoms with Crippen molar-refractivity contribution < 1.29 is 9.53 Å². The first-order valence-corrected chi connectivity index (χ1v) is 10.6. The molecule has 1 unspecified atom stereocenters. The average Bonchev–Trinajstić information content (AvgIpc) is 2.65. The smallest absolute Gasteiger partial charge is 0.261 e. The van der Waals surface area contributed by atoms with E-state index in [-0.39, 0.29) is 5.91 Å². The zero-order valence-electron chi connectivity index (χ0n) is 16.2. The van der Waals surface area contributed by atoms with Gasteiger partial charge < -0.3 is 10.1 Å². The highest BCUT2D eigenvalue weighted by atomic mass is 79.9. The molecule has 3 rings (SSSR count). The van der Waals surface area contributed by atoms with E-state index in [0.717, 1.165) is 9.86 Å². The molecule has 8 heteroatoms. The molecule has 1 amide bonds. The minimum atomic E-state index is -0.714. The zero-order chi connectivity index (χ0) is 21.2. The van der Waals surface area contributed by atoms with Gasteiger partial charge in [0.1, 0.15) is 5.75 Å². The molecule has 0 saturated heterocycles. The summed E-state index contributed by atoms with van der Waals surface area (Å²) in [6.07, 6.45) is 3.09. The maximum absolute atomic E-state index is 12.9. The van der Waals surface area contributed by atoms with Gasteiger partial charge in [0.05, 0.1) is 21.8 Å². The first-order valence-electron chi connectivity index (χ1n) is 9.05. The van der Waals surface area contributed by atoms with Crippen LogP contribution in [-0.2, 0) is 10.3 Å². The summed E-state index contributed by atoms with van der Waals surface area (Å²) in [5, 5.41) is 4.84. The molecule has 0 spiro atoms. The van der Waals surface area contributed by atoms with Gasteiger partial charge in [0, 0.05) is 33.3 Å². The molecule has 0 aliphatic rings. The van der Waals surface area contributed by atoms with Crippen molar-refractivity contribution in [3.63, 3.8) is 0 Å². The van der Waals surface area contributed by atoms with Gasteiger partial charge in [0.25, 0.3) is 5.91 Å². The molecule has 1 N–H and O–H groups in total. The lowest BCUT2D eigenvalue weighted by molar-refractivity contribution is -0.130. The number of fused-ring (bicyclic) bond motifs is 1. The number of aromatic nitrogens is 2. The number of hydrogen-bond acceptors (Lipinski definition) is 4. The number of rotatable bonds is 6. The van der Waals surface area contributed by atoms with Crippen molar-refractivity contribution in [3.8, 4) is 5.75 Å². The summed E-state index contributed by atoms with van der Waals surface area (Å²) in [6.45, 7) is 5.62. The fourth-order valence-corrected chi connectivity index (χ4v) is 3.68. The lowest BCUT2D eigenvalue weighted by atomic mass is 9.99. The molecule has 0 fully saturated rings. The number of nitrogens with zero attached hydrogens (tertiary/aromatic N) is 2. The maximum Gasteiger partial charge on any atom is 0.261 e. The number of amides is 1. The predicted octanol–water partition coefficient (Wildman–Crippen LogP) is 5.91. The van der Waals surface area contributed by atoms with Crippen molar-refractivity contribution in [1.29, 1.82) is 0 Å². The fraction of sp³-hybridized carbons (Fsp3) is 0.286. The average molecular weight is 497 g/mol. The summed E-state index contributed by atoms with van der Waals surface area (Å²) >= 11 is 15.8. The quantitative estimate of drug-likeness (QED) is 0.460. The number of carbonyl (C=O) groups is 1. The van der Waals surface area contributed by atoms with Crippen LogP contribution < -0.4 is 10.1 Å². The Labute approximate surface area is 187 Å². The molecule has 1 aromatic carbocycles. The number of benzene rings is 1. The summed E-state index contributed by atoms with van der Waals surface area (Å²) in [5.74, 6) is 0.256. The van der Waals surface area contributed by atoms with Gasteiger partial charge in [-0.3, -0.25) is 14.8 Å². The highest BCUT2D eigenvalue weighted by Gasteiger charge is 2.29. The van der Waals surface area contributed by atoms with Gasteiger partial charge in [0.15, 0.2) is 6.10 Å². The van der Waals surface area contributed by atoms with Crippen molar-refractivity contribution in [2.45, 2.75) is 38.8 Å². The van der Waals surface area contributed by atoms with E-state index in [1.54, 1.807) is 30.6 Å². The van der Waals surface area contributed by atoms with Gasteiger partial charge in [-0.25, -0.2) is 0 Å². The molecule has 0 saturated carbocycles. The van der Waals surface area contributed by atoms with E-state index >= 15 is 0 Å². The van der Waals surface area contributed by atoms with Gasteiger partial charge in [-0.05, 0) is 60.5 Å². The van der Waals surface area contributed by atoms with E-state index in [9.17, 15) is 4.79 Å². The Balaban J connectivity index is 1.80. The SMILES string of the molecule is CCC(Oc1cc(Cl)c2ncc(Br)cc2c1)C(=O)NC(C)(C)c1cc(Cl)ccn1. The van der Waals surface area contributed by atoms with Gasteiger partial charge in [0.2, 0.25) is 0 Å². The van der Waals surface area contributed by atoms with Crippen LogP contribution in [0.2, 0.25) is 10.0 Å². The largest absolute Gasteiger partial charge is 0.481 e. The van der Waals surface area contributed by atoms with E-state index in [2.05, 4.69) is 31.2 Å². The Kier molecular flexibility index (Phi) is 6.66. The molecule has 0 aliphatic heterocycles. The van der Waals surface area contributed by atoms with Crippen LogP contribution in [0, 0.1) is 0 Å². The van der Waals surface area contributed by atoms with Crippen molar-refractivity contribution >= 4 is 55.9 Å². The first kappa shape index (κ1) is 21.8. The number of pyridine rings is 2. The van der Waals surface area contributed by atoms with E-state index in [4.69, 9.17) is 27.9 Å². The Bertz CT molecular complexity index is 1060. The van der Waals surface area contributed by atoms with Crippen LogP contribution in [0.5, 0.6) is 5.75 Å². The summed E-state index contributed by atoms with van der Waals surface area (Å²) < 4.78 is 6.81. The molecule has 29 heavy (non-hydrogen) atoms. The Morgan fingerprint density at radius 1 is 1.24 bits per heavy atom. The predicted molar refractivity (Wildman–Crippen MR) is 120 cm³/mol. The minimum Gasteiger partial charge on any atom is -0.481 e.